The average Bonchev–Trinajstić information content (AvgIpc) is 3.18. The molecular weight excluding hydrogens is 366 g/mol. The van der Waals surface area contributed by atoms with Crippen molar-refractivity contribution in [2.75, 3.05) is 52.5 Å². The molecule has 0 radical (unpaired) electrons. The third-order valence-corrected chi connectivity index (χ3v) is 5.74. The van der Waals surface area contributed by atoms with E-state index in [1.54, 1.807) is 0 Å². The van der Waals surface area contributed by atoms with E-state index in [1.165, 1.54) is 0 Å². The van der Waals surface area contributed by atoms with E-state index in [4.69, 9.17) is 9.47 Å². The molecule has 4 rings (SSSR count). The van der Waals surface area contributed by atoms with E-state index in [0.29, 0.717) is 19.3 Å². The number of hydrogen-bond acceptors (Lipinski definition) is 5. The fourth-order valence-electron chi connectivity index (χ4n) is 4.33. The van der Waals surface area contributed by atoms with Gasteiger partial charge in [0.15, 0.2) is 0 Å². The molecule has 0 aromatic heterocycles. The van der Waals surface area contributed by atoms with Crippen LogP contribution in [0.25, 0.3) is 0 Å². The van der Waals surface area contributed by atoms with Gasteiger partial charge < -0.3 is 19.7 Å². The fraction of sp³-hybridized carbons (Fsp3) is 0.650. The predicted octanol–water partition coefficient (Wildman–Crippen LogP) is 1.56. The van der Waals surface area contributed by atoms with Gasteiger partial charge >= 0.3 is 0 Å². The summed E-state index contributed by atoms with van der Waals surface area (Å²) in [5.74, 6) is 1.90. The molecule has 1 N–H and O–H groups in total. The second-order valence-electron chi connectivity index (χ2n) is 7.43. The summed E-state index contributed by atoms with van der Waals surface area (Å²) in [5, 5.41) is 3.40. The molecule has 27 heavy (non-hydrogen) atoms. The van der Waals surface area contributed by atoms with Gasteiger partial charge in [-0.3, -0.25) is 9.69 Å². The molecule has 7 heteroatoms. The minimum atomic E-state index is -0.0823. The van der Waals surface area contributed by atoms with Crippen molar-refractivity contribution in [3.05, 3.63) is 23.8 Å². The van der Waals surface area contributed by atoms with Gasteiger partial charge in [0.05, 0.1) is 12.5 Å². The maximum absolute atomic E-state index is 13.0. The highest BCUT2D eigenvalue weighted by atomic mass is 35.5. The normalized spacial score (nSPS) is 25.3. The molecular formula is C20H30ClN3O3. The van der Waals surface area contributed by atoms with Gasteiger partial charge in [0, 0.05) is 45.3 Å². The highest BCUT2D eigenvalue weighted by molar-refractivity contribution is 5.85. The standard InChI is InChI=1S/C20H29N3O3.ClH/c1-2-25-18-3-4-19-15(12-18)11-16(14-26-19)20(24)23-8-5-17(13-23)22-9-6-21-7-10-22;/h3-4,12,16-17,21H,2,5-11,13-14H2,1H3;1H. The van der Waals surface area contributed by atoms with Crippen molar-refractivity contribution in [1.82, 2.24) is 15.1 Å². The number of halogens is 1. The van der Waals surface area contributed by atoms with E-state index in [9.17, 15) is 4.79 Å². The average molecular weight is 396 g/mol. The van der Waals surface area contributed by atoms with Crippen LogP contribution in [-0.2, 0) is 11.2 Å². The van der Waals surface area contributed by atoms with Gasteiger partial charge in [-0.25, -0.2) is 0 Å². The maximum Gasteiger partial charge on any atom is 0.229 e. The summed E-state index contributed by atoms with van der Waals surface area (Å²) < 4.78 is 11.5. The van der Waals surface area contributed by atoms with Gasteiger partial charge in [0.2, 0.25) is 5.91 Å². The molecule has 2 unspecified atom stereocenters. The number of hydrogen-bond donors (Lipinski definition) is 1. The number of piperazine rings is 1. The van der Waals surface area contributed by atoms with Gasteiger partial charge in [-0.1, -0.05) is 0 Å². The monoisotopic (exact) mass is 395 g/mol. The van der Waals surface area contributed by atoms with Gasteiger partial charge in [-0.15, -0.1) is 12.4 Å². The third-order valence-electron chi connectivity index (χ3n) is 5.74. The first kappa shape index (κ1) is 20.2. The molecule has 3 aliphatic heterocycles. The topological polar surface area (TPSA) is 54.0 Å². The van der Waals surface area contributed by atoms with E-state index >= 15 is 0 Å². The van der Waals surface area contributed by atoms with Crippen molar-refractivity contribution < 1.29 is 14.3 Å². The Morgan fingerprint density at radius 1 is 1.30 bits per heavy atom. The molecule has 2 fully saturated rings. The summed E-state index contributed by atoms with van der Waals surface area (Å²) in [4.78, 5) is 17.6. The smallest absolute Gasteiger partial charge is 0.229 e. The van der Waals surface area contributed by atoms with Gasteiger partial charge in [-0.05, 0) is 43.5 Å². The number of nitrogens with one attached hydrogen (secondary N) is 1. The van der Waals surface area contributed by atoms with Crippen LogP contribution in [0.2, 0.25) is 0 Å². The Morgan fingerprint density at radius 2 is 2.11 bits per heavy atom. The number of nitrogens with zero attached hydrogens (tertiary/aromatic N) is 2. The van der Waals surface area contributed by atoms with Crippen LogP contribution in [-0.4, -0.2) is 74.2 Å². The van der Waals surface area contributed by atoms with Crippen molar-refractivity contribution in [1.29, 1.82) is 0 Å². The SMILES string of the molecule is CCOc1ccc2c(c1)CC(C(=O)N1CCC(N3CCNCC3)C1)CO2.Cl. The van der Waals surface area contributed by atoms with Crippen molar-refractivity contribution in [2.24, 2.45) is 5.92 Å². The Balaban J connectivity index is 0.00000210. The van der Waals surface area contributed by atoms with Crippen LogP contribution in [0.4, 0.5) is 0 Å². The third kappa shape index (κ3) is 4.50. The summed E-state index contributed by atoms with van der Waals surface area (Å²) in [6, 6.07) is 6.42. The number of fused-ring (bicyclic) bond motifs is 1. The molecule has 6 nitrogen and oxygen atoms in total. The Morgan fingerprint density at radius 3 is 2.89 bits per heavy atom. The zero-order chi connectivity index (χ0) is 17.9. The molecule has 1 aromatic rings. The number of carbonyl (C=O) groups excluding carboxylic acids is 1. The summed E-state index contributed by atoms with van der Waals surface area (Å²) in [5.41, 5.74) is 1.08. The van der Waals surface area contributed by atoms with E-state index < -0.39 is 0 Å². The second kappa shape index (κ2) is 9.13. The van der Waals surface area contributed by atoms with Crippen molar-refractivity contribution in [3.8, 4) is 11.5 Å². The minimum Gasteiger partial charge on any atom is -0.494 e. The second-order valence-corrected chi connectivity index (χ2v) is 7.43. The molecule has 2 atom stereocenters. The lowest BCUT2D eigenvalue weighted by atomic mass is 9.95. The summed E-state index contributed by atoms with van der Waals surface area (Å²) in [7, 11) is 0. The van der Waals surface area contributed by atoms with Gasteiger partial charge in [0.25, 0.3) is 0 Å². The van der Waals surface area contributed by atoms with Gasteiger partial charge in [0.1, 0.15) is 18.1 Å². The highest BCUT2D eigenvalue weighted by Crippen LogP contribution is 2.32. The lowest BCUT2D eigenvalue weighted by Crippen LogP contribution is -2.49. The number of ether oxygens (including phenoxy) is 2. The lowest BCUT2D eigenvalue weighted by molar-refractivity contribution is -0.136. The summed E-state index contributed by atoms with van der Waals surface area (Å²) in [6.45, 7) is 9.12. The van der Waals surface area contributed by atoms with E-state index in [0.717, 1.165) is 69.2 Å². The molecule has 1 amide bonds. The molecule has 0 spiro atoms. The number of likely N-dealkylation sites (tertiary alicyclic amines) is 1. The van der Waals surface area contributed by atoms with Crippen LogP contribution in [0.15, 0.2) is 18.2 Å². The molecule has 150 valence electrons. The summed E-state index contributed by atoms with van der Waals surface area (Å²) in [6.07, 6.45) is 1.83. The van der Waals surface area contributed by atoms with Crippen LogP contribution in [0.5, 0.6) is 11.5 Å². The number of carbonyl (C=O) groups is 1. The van der Waals surface area contributed by atoms with Gasteiger partial charge in [-0.2, -0.15) is 0 Å². The molecule has 2 saturated heterocycles. The van der Waals surface area contributed by atoms with E-state index in [1.807, 2.05) is 25.1 Å². The maximum atomic E-state index is 13.0. The fourth-order valence-corrected chi connectivity index (χ4v) is 4.33. The molecule has 0 bridgehead atoms. The zero-order valence-electron chi connectivity index (χ0n) is 16.0. The van der Waals surface area contributed by atoms with E-state index in [2.05, 4.69) is 15.1 Å². The first-order chi connectivity index (χ1) is 12.7. The largest absolute Gasteiger partial charge is 0.494 e. The van der Waals surface area contributed by atoms with Crippen LogP contribution in [0.1, 0.15) is 18.9 Å². The first-order valence-corrected chi connectivity index (χ1v) is 9.86. The predicted molar refractivity (Wildman–Crippen MR) is 107 cm³/mol. The van der Waals surface area contributed by atoms with Crippen LogP contribution < -0.4 is 14.8 Å². The highest BCUT2D eigenvalue weighted by Gasteiger charge is 2.35. The van der Waals surface area contributed by atoms with Crippen molar-refractivity contribution in [2.45, 2.75) is 25.8 Å². The molecule has 3 aliphatic rings. The molecule has 0 aliphatic carbocycles. The van der Waals surface area contributed by atoms with Crippen LogP contribution >= 0.6 is 12.4 Å². The molecule has 0 saturated carbocycles. The van der Waals surface area contributed by atoms with Crippen molar-refractivity contribution >= 4 is 18.3 Å². The van der Waals surface area contributed by atoms with E-state index in [-0.39, 0.29) is 24.2 Å². The Hall–Kier alpha value is -1.50. The molecule has 3 heterocycles. The lowest BCUT2D eigenvalue weighted by Gasteiger charge is -2.33. The Labute approximate surface area is 167 Å². The number of amides is 1. The zero-order valence-corrected chi connectivity index (χ0v) is 16.8. The summed E-state index contributed by atoms with van der Waals surface area (Å²) >= 11 is 0. The van der Waals surface area contributed by atoms with Crippen LogP contribution in [0, 0.1) is 5.92 Å². The number of benzene rings is 1. The Kier molecular flexibility index (Phi) is 6.84. The minimum absolute atomic E-state index is 0. The van der Waals surface area contributed by atoms with Crippen LogP contribution in [0.3, 0.4) is 0 Å². The van der Waals surface area contributed by atoms with Crippen molar-refractivity contribution in [3.63, 3.8) is 0 Å². The quantitative estimate of drug-likeness (QED) is 0.838. The molecule has 1 aromatic carbocycles. The Bertz CT molecular complexity index is 651. The number of rotatable bonds is 4. The first-order valence-electron chi connectivity index (χ1n) is 9.86.